The third-order valence-electron chi connectivity index (χ3n) is 5.39. The lowest BCUT2D eigenvalue weighted by Crippen LogP contribution is -2.22. The van der Waals surface area contributed by atoms with Gasteiger partial charge < -0.3 is 25.6 Å². The van der Waals surface area contributed by atoms with Crippen molar-refractivity contribution in [2.45, 2.75) is 33.7 Å². The van der Waals surface area contributed by atoms with Crippen LogP contribution in [-0.2, 0) is 11.3 Å². The fraction of sp³-hybridized carbons (Fsp3) is 0.231. The average molecular weight is 529 g/mol. The number of allylic oxidation sites excluding steroid dienone is 1. The van der Waals surface area contributed by atoms with E-state index in [-0.39, 0.29) is 24.6 Å². The van der Waals surface area contributed by atoms with E-state index in [1.165, 1.54) is 4.90 Å². The van der Waals surface area contributed by atoms with Crippen molar-refractivity contribution in [3.05, 3.63) is 86.8 Å². The van der Waals surface area contributed by atoms with Crippen LogP contribution in [0.25, 0.3) is 0 Å². The predicted octanol–water partition coefficient (Wildman–Crippen LogP) is 4.90. The Bertz CT molecular complexity index is 1310. The number of carbonyl (C=O) groups is 1. The minimum atomic E-state index is -0.138. The standard InChI is InChI=1S/C26H29ClN4O4S/c1-16-11-22(35-21-6-4-5-20(27)12-21)7-8-23(16)26(34)36-24(9-10-32)17(2)31(15-33)14-19-13-29-18(3)30-25(19)28/h4-8,11-13,15,32,34,36H,9-10,14H2,1-3H3,(H2,28,29,30)/b24-17-. The van der Waals surface area contributed by atoms with E-state index in [0.717, 1.165) is 5.56 Å². The normalized spacial score (nSPS) is 12.4. The summed E-state index contributed by atoms with van der Waals surface area (Å²) in [5, 5.41) is 21.3. The molecule has 0 unspecified atom stereocenters. The van der Waals surface area contributed by atoms with Crippen molar-refractivity contribution in [2.24, 2.45) is 0 Å². The van der Waals surface area contributed by atoms with E-state index in [9.17, 15) is 15.0 Å². The van der Waals surface area contributed by atoms with Crippen LogP contribution in [0.1, 0.15) is 35.9 Å². The van der Waals surface area contributed by atoms with E-state index in [0.29, 0.717) is 67.7 Å². The predicted molar refractivity (Wildman–Crippen MR) is 146 cm³/mol. The zero-order valence-electron chi connectivity index (χ0n) is 20.3. The number of hydrogen-bond acceptors (Lipinski definition) is 6. The summed E-state index contributed by atoms with van der Waals surface area (Å²) in [4.78, 5) is 22.4. The molecule has 190 valence electrons. The molecule has 10 heteroatoms. The van der Waals surface area contributed by atoms with Gasteiger partial charge in [0.2, 0.25) is 6.41 Å². The number of aliphatic hydroxyl groups excluding tert-OH is 2. The van der Waals surface area contributed by atoms with Crippen LogP contribution < -0.4 is 10.5 Å². The van der Waals surface area contributed by atoms with Crippen molar-refractivity contribution in [1.82, 2.24) is 14.9 Å². The molecule has 0 bridgehead atoms. The molecule has 3 aromatic rings. The molecule has 0 atom stereocenters. The fourth-order valence-corrected chi connectivity index (χ4v) is 4.76. The Hall–Kier alpha value is -3.24. The number of anilines is 1. The largest absolute Gasteiger partial charge is 0.457 e. The molecule has 1 heterocycles. The summed E-state index contributed by atoms with van der Waals surface area (Å²) in [6, 6.07) is 12.4. The Morgan fingerprint density at radius 3 is 2.61 bits per heavy atom. The molecule has 0 fully saturated rings. The van der Waals surface area contributed by atoms with Crippen LogP contribution in [0.5, 0.6) is 11.5 Å². The number of ether oxygens (including phenoxy) is 1. The smallest absolute Gasteiger partial charge is 0.214 e. The first-order valence-corrected chi connectivity index (χ1v) is 12.4. The number of aromatic nitrogens is 2. The van der Waals surface area contributed by atoms with Gasteiger partial charge in [0.25, 0.3) is 0 Å². The summed E-state index contributed by atoms with van der Waals surface area (Å²) < 4.78 is 5.87. The quantitative estimate of drug-likeness (QED) is 0.168. The van der Waals surface area contributed by atoms with Crippen molar-refractivity contribution < 1.29 is 19.7 Å². The first-order chi connectivity index (χ1) is 17.2. The number of aliphatic hydroxyl groups is 2. The molecule has 0 radical (unpaired) electrons. The number of aryl methyl sites for hydroxylation is 2. The number of benzene rings is 2. The van der Waals surface area contributed by atoms with Crippen LogP contribution in [0.15, 0.2) is 59.3 Å². The summed E-state index contributed by atoms with van der Waals surface area (Å²) in [5.74, 6) is 2.06. The molecule has 0 aliphatic rings. The number of rotatable bonds is 10. The molecule has 4 N–H and O–H groups in total. The van der Waals surface area contributed by atoms with Gasteiger partial charge in [-0.2, -0.15) is 0 Å². The zero-order chi connectivity index (χ0) is 26.2. The van der Waals surface area contributed by atoms with Gasteiger partial charge in [0, 0.05) is 46.0 Å². The van der Waals surface area contributed by atoms with Gasteiger partial charge in [-0.1, -0.05) is 17.7 Å². The minimum absolute atomic E-state index is 0.0913. The van der Waals surface area contributed by atoms with Crippen LogP contribution >= 0.6 is 23.0 Å². The van der Waals surface area contributed by atoms with Crippen LogP contribution in [0.2, 0.25) is 5.02 Å². The lowest BCUT2D eigenvalue weighted by molar-refractivity contribution is -0.116. The number of nitrogens with two attached hydrogens (primary N) is 1. The Kier molecular flexibility index (Phi) is 9.60. The zero-order valence-corrected chi connectivity index (χ0v) is 21.9. The van der Waals surface area contributed by atoms with Crippen molar-refractivity contribution in [3.8, 4) is 11.5 Å². The molecule has 0 saturated carbocycles. The summed E-state index contributed by atoms with van der Waals surface area (Å²) in [6.45, 7) is 5.39. The highest BCUT2D eigenvalue weighted by Gasteiger charge is 2.14. The molecule has 0 aliphatic carbocycles. The van der Waals surface area contributed by atoms with Crippen molar-refractivity contribution in [3.63, 3.8) is 0 Å². The number of amides is 1. The topological polar surface area (TPSA) is 122 Å². The number of carbonyl (C=O) groups excluding carboxylic acids is 1. The van der Waals surface area contributed by atoms with Crippen LogP contribution in [0, 0.1) is 13.8 Å². The molecule has 1 amide bonds. The Balaban J connectivity index is 1.88. The highest BCUT2D eigenvalue weighted by atomic mass is 35.5. The summed E-state index contributed by atoms with van der Waals surface area (Å²) in [7, 11) is 0. The van der Waals surface area contributed by atoms with Gasteiger partial charge in [-0.25, -0.2) is 9.97 Å². The second kappa shape index (κ2) is 12.6. The highest BCUT2D eigenvalue weighted by Crippen LogP contribution is 2.28. The fourth-order valence-electron chi connectivity index (χ4n) is 3.45. The third kappa shape index (κ3) is 7.14. The van der Waals surface area contributed by atoms with Gasteiger partial charge in [-0.15, -0.1) is 11.4 Å². The average Bonchev–Trinajstić information content (AvgIpc) is 2.83. The van der Waals surface area contributed by atoms with Crippen molar-refractivity contribution in [1.29, 1.82) is 0 Å². The SMILES string of the molecule is C/C(=C(CCO)/[SH]=C(\O)c1ccc(Oc2cccc(Cl)c2)cc1C)N(C=O)Cc1cnc(C)nc1N. The lowest BCUT2D eigenvalue weighted by Gasteiger charge is -2.21. The summed E-state index contributed by atoms with van der Waals surface area (Å²) in [6.07, 6.45) is 2.55. The van der Waals surface area contributed by atoms with E-state index in [1.54, 1.807) is 56.4 Å². The van der Waals surface area contributed by atoms with E-state index < -0.39 is 0 Å². The Labute approximate surface area is 219 Å². The van der Waals surface area contributed by atoms with Gasteiger partial charge in [0.15, 0.2) is 0 Å². The maximum absolute atomic E-state index is 11.9. The molecule has 36 heavy (non-hydrogen) atoms. The molecule has 1 aromatic heterocycles. The lowest BCUT2D eigenvalue weighted by atomic mass is 10.1. The van der Waals surface area contributed by atoms with Crippen molar-refractivity contribution in [2.75, 3.05) is 12.3 Å². The van der Waals surface area contributed by atoms with E-state index in [1.807, 2.05) is 13.0 Å². The molecule has 0 spiro atoms. The van der Waals surface area contributed by atoms with Gasteiger partial charge in [-0.05, 0) is 62.7 Å². The molecule has 0 aliphatic heterocycles. The molecular formula is C26H29ClN4O4S. The van der Waals surface area contributed by atoms with Crippen LogP contribution in [0.4, 0.5) is 5.82 Å². The number of halogens is 1. The van der Waals surface area contributed by atoms with E-state index >= 15 is 0 Å². The Morgan fingerprint density at radius 1 is 1.22 bits per heavy atom. The highest BCUT2D eigenvalue weighted by molar-refractivity contribution is 8.02. The van der Waals surface area contributed by atoms with E-state index in [2.05, 4.69) is 9.97 Å². The Morgan fingerprint density at radius 2 is 1.97 bits per heavy atom. The summed E-state index contributed by atoms with van der Waals surface area (Å²) in [5.41, 5.74) is 8.63. The maximum Gasteiger partial charge on any atom is 0.214 e. The van der Waals surface area contributed by atoms with Gasteiger partial charge in [-0.3, -0.25) is 4.79 Å². The van der Waals surface area contributed by atoms with Crippen LogP contribution in [-0.4, -0.2) is 43.1 Å². The first-order valence-electron chi connectivity index (χ1n) is 11.1. The van der Waals surface area contributed by atoms with E-state index in [4.69, 9.17) is 22.1 Å². The molecule has 3 rings (SSSR count). The molecule has 8 nitrogen and oxygen atoms in total. The van der Waals surface area contributed by atoms with Gasteiger partial charge in [0.1, 0.15) is 28.2 Å². The molecule has 0 saturated heterocycles. The molecular weight excluding hydrogens is 500 g/mol. The monoisotopic (exact) mass is 528 g/mol. The second-order valence-electron chi connectivity index (χ2n) is 8.04. The minimum Gasteiger partial charge on any atom is -0.457 e. The first kappa shape index (κ1) is 27.3. The molecule has 2 aromatic carbocycles. The number of nitrogen functional groups attached to an aromatic ring is 1. The third-order valence-corrected chi connectivity index (χ3v) is 6.90. The number of nitrogens with zero attached hydrogens (tertiary/aromatic N) is 3. The van der Waals surface area contributed by atoms with Gasteiger partial charge in [0.05, 0.1) is 6.54 Å². The number of hydrogen-bond donors (Lipinski definition) is 4. The van der Waals surface area contributed by atoms with Gasteiger partial charge >= 0.3 is 0 Å². The maximum atomic E-state index is 11.9. The van der Waals surface area contributed by atoms with Crippen LogP contribution in [0.3, 0.4) is 0 Å². The summed E-state index contributed by atoms with van der Waals surface area (Å²) >= 11 is 6.49. The second-order valence-corrected chi connectivity index (χ2v) is 9.66. The van der Waals surface area contributed by atoms with Crippen molar-refractivity contribution >= 4 is 40.2 Å². The number of thiol groups is 1.